The lowest BCUT2D eigenvalue weighted by Gasteiger charge is -2.14. The molecule has 1 aliphatic rings. The summed E-state index contributed by atoms with van der Waals surface area (Å²) in [5.74, 6) is -0.606. The van der Waals surface area contributed by atoms with Crippen LogP contribution in [-0.4, -0.2) is 30.4 Å². The molecule has 0 saturated carbocycles. The molecule has 0 atom stereocenters. The molecule has 1 fully saturated rings. The van der Waals surface area contributed by atoms with Gasteiger partial charge in [-0.1, -0.05) is 41.3 Å². The predicted molar refractivity (Wildman–Crippen MR) is 115 cm³/mol. The number of benzene rings is 2. The van der Waals surface area contributed by atoms with Crippen LogP contribution in [0.5, 0.6) is 0 Å². The summed E-state index contributed by atoms with van der Waals surface area (Å²) in [5, 5.41) is 7.82. The first kappa shape index (κ1) is 21.4. The third-order valence-corrected chi connectivity index (χ3v) is 7.90. The average molecular weight is 479 g/mol. The number of nitrogens with zero attached hydrogens (tertiary/aromatic N) is 3. The third-order valence-electron chi connectivity index (χ3n) is 4.39. The minimum absolute atomic E-state index is 0.0499. The van der Waals surface area contributed by atoms with Crippen molar-refractivity contribution in [1.82, 2.24) is 10.2 Å². The van der Waals surface area contributed by atoms with E-state index < -0.39 is 10.0 Å². The molecule has 12 heteroatoms. The highest BCUT2D eigenvalue weighted by atomic mass is 32.2. The number of amides is 2. The van der Waals surface area contributed by atoms with Crippen LogP contribution in [0.3, 0.4) is 0 Å². The molecule has 0 radical (unpaired) electrons. The van der Waals surface area contributed by atoms with Crippen LogP contribution in [0.1, 0.15) is 18.4 Å². The molecule has 3 aromatic rings. The van der Waals surface area contributed by atoms with Gasteiger partial charge in [-0.2, -0.15) is 0 Å². The molecular weight excluding hydrogens is 463 g/mol. The molecular formula is C19H15FN4O4S3. The molecule has 1 aromatic heterocycles. The van der Waals surface area contributed by atoms with E-state index in [-0.39, 0.29) is 40.5 Å². The number of nitrogens with one attached hydrogen (secondary N) is 1. The molecule has 0 aliphatic carbocycles. The van der Waals surface area contributed by atoms with Crippen LogP contribution in [0.2, 0.25) is 0 Å². The summed E-state index contributed by atoms with van der Waals surface area (Å²) >= 11 is 2.28. The van der Waals surface area contributed by atoms with Crippen LogP contribution in [0.25, 0.3) is 0 Å². The standard InChI is InChI=1S/C19H15FN4O4S3/c20-15-4-2-1-3-12(15)11-29-19-22-21-18(30-19)23-31(27,28)14-7-5-13(6-8-14)24-16(25)9-10-17(24)26/h1-8H,9-11H2,(H,21,23). The number of rotatable bonds is 7. The van der Waals surface area contributed by atoms with Crippen molar-refractivity contribution in [3.8, 4) is 0 Å². The van der Waals surface area contributed by atoms with Gasteiger partial charge in [0.1, 0.15) is 5.82 Å². The lowest BCUT2D eigenvalue weighted by atomic mass is 10.2. The third kappa shape index (κ3) is 4.75. The van der Waals surface area contributed by atoms with Crippen LogP contribution in [0.4, 0.5) is 15.2 Å². The predicted octanol–water partition coefficient (Wildman–Crippen LogP) is 3.42. The zero-order valence-electron chi connectivity index (χ0n) is 15.8. The summed E-state index contributed by atoms with van der Waals surface area (Å²) in [6.07, 6.45) is 0.295. The number of carbonyl (C=O) groups is 2. The Morgan fingerprint density at radius 3 is 2.39 bits per heavy atom. The van der Waals surface area contributed by atoms with E-state index in [0.29, 0.717) is 21.3 Å². The van der Waals surface area contributed by atoms with Gasteiger partial charge < -0.3 is 0 Å². The van der Waals surface area contributed by atoms with Crippen molar-refractivity contribution >= 4 is 55.8 Å². The molecule has 0 spiro atoms. The number of anilines is 2. The van der Waals surface area contributed by atoms with Crippen LogP contribution >= 0.6 is 23.1 Å². The van der Waals surface area contributed by atoms with Gasteiger partial charge in [-0.15, -0.1) is 10.2 Å². The molecule has 2 amide bonds. The quantitative estimate of drug-likeness (QED) is 0.409. The maximum atomic E-state index is 13.7. The summed E-state index contributed by atoms with van der Waals surface area (Å²) in [6.45, 7) is 0. The van der Waals surface area contributed by atoms with Crippen molar-refractivity contribution in [3.63, 3.8) is 0 Å². The van der Waals surface area contributed by atoms with Gasteiger partial charge in [0.05, 0.1) is 10.6 Å². The first-order valence-electron chi connectivity index (χ1n) is 9.02. The molecule has 1 N–H and O–H groups in total. The van der Waals surface area contributed by atoms with E-state index in [0.717, 1.165) is 16.2 Å². The number of thioether (sulfide) groups is 1. The number of halogens is 1. The fourth-order valence-electron chi connectivity index (χ4n) is 2.88. The van der Waals surface area contributed by atoms with Gasteiger partial charge >= 0.3 is 0 Å². The lowest BCUT2D eigenvalue weighted by Crippen LogP contribution is -2.28. The Morgan fingerprint density at radius 2 is 1.71 bits per heavy atom. The minimum Gasteiger partial charge on any atom is -0.274 e. The van der Waals surface area contributed by atoms with Gasteiger partial charge in [0.15, 0.2) is 4.34 Å². The van der Waals surface area contributed by atoms with E-state index in [2.05, 4.69) is 14.9 Å². The van der Waals surface area contributed by atoms with Crippen molar-refractivity contribution in [2.45, 2.75) is 27.8 Å². The first-order chi connectivity index (χ1) is 14.8. The Kier molecular flexibility index (Phi) is 6.03. The van der Waals surface area contributed by atoms with Crippen LogP contribution in [0, 0.1) is 5.82 Å². The second kappa shape index (κ2) is 8.73. The molecule has 1 saturated heterocycles. The number of carbonyl (C=O) groups excluding carboxylic acids is 2. The monoisotopic (exact) mass is 478 g/mol. The minimum atomic E-state index is -3.94. The number of hydrogen-bond acceptors (Lipinski definition) is 8. The normalized spacial score (nSPS) is 14.3. The Labute approximate surface area is 185 Å². The van der Waals surface area contributed by atoms with Crippen molar-refractivity contribution in [3.05, 3.63) is 59.9 Å². The zero-order valence-corrected chi connectivity index (χ0v) is 18.3. The molecule has 4 rings (SSSR count). The van der Waals surface area contributed by atoms with Gasteiger partial charge in [-0.25, -0.2) is 12.8 Å². The molecule has 2 heterocycles. The largest absolute Gasteiger partial charge is 0.274 e. The second-order valence-electron chi connectivity index (χ2n) is 6.48. The summed E-state index contributed by atoms with van der Waals surface area (Å²) in [7, 11) is -3.94. The fourth-order valence-corrected chi connectivity index (χ4v) is 5.85. The van der Waals surface area contributed by atoms with Crippen molar-refractivity contribution in [2.75, 3.05) is 9.62 Å². The van der Waals surface area contributed by atoms with Crippen molar-refractivity contribution < 1.29 is 22.4 Å². The molecule has 0 unspecified atom stereocenters. The summed E-state index contributed by atoms with van der Waals surface area (Å²) in [4.78, 5) is 24.6. The van der Waals surface area contributed by atoms with Crippen molar-refractivity contribution in [2.24, 2.45) is 0 Å². The van der Waals surface area contributed by atoms with Crippen LogP contribution in [0.15, 0.2) is 57.8 Å². The SMILES string of the molecule is O=C1CCC(=O)N1c1ccc(S(=O)(=O)Nc2nnc(SCc3ccccc3F)s2)cc1. The highest BCUT2D eigenvalue weighted by molar-refractivity contribution is 8.00. The average Bonchev–Trinajstić information content (AvgIpc) is 3.32. The highest BCUT2D eigenvalue weighted by Crippen LogP contribution is 2.30. The molecule has 0 bridgehead atoms. The Balaban J connectivity index is 1.42. The van der Waals surface area contributed by atoms with Gasteiger partial charge in [0.25, 0.3) is 10.0 Å². The molecule has 1 aliphatic heterocycles. The summed E-state index contributed by atoms with van der Waals surface area (Å²) < 4.78 is 41.8. The van der Waals surface area contributed by atoms with Gasteiger partial charge in [0.2, 0.25) is 16.9 Å². The smallest absolute Gasteiger partial charge is 0.263 e. The van der Waals surface area contributed by atoms with E-state index in [1.165, 1.54) is 42.1 Å². The molecule has 8 nitrogen and oxygen atoms in total. The molecule has 2 aromatic carbocycles. The fraction of sp³-hybridized carbons (Fsp3) is 0.158. The van der Waals surface area contributed by atoms with Crippen molar-refractivity contribution in [1.29, 1.82) is 0 Å². The van der Waals surface area contributed by atoms with Crippen LogP contribution in [-0.2, 0) is 25.4 Å². The van der Waals surface area contributed by atoms with E-state index >= 15 is 0 Å². The second-order valence-corrected chi connectivity index (χ2v) is 10.4. The molecule has 160 valence electrons. The lowest BCUT2D eigenvalue weighted by molar-refractivity contribution is -0.121. The Morgan fingerprint density at radius 1 is 1.03 bits per heavy atom. The number of aromatic nitrogens is 2. The maximum absolute atomic E-state index is 13.7. The van der Waals surface area contributed by atoms with Gasteiger partial charge in [0, 0.05) is 18.6 Å². The van der Waals surface area contributed by atoms with Gasteiger partial charge in [-0.05, 0) is 35.9 Å². The number of sulfonamides is 1. The Bertz CT molecular complexity index is 1230. The van der Waals surface area contributed by atoms with E-state index in [4.69, 9.17) is 0 Å². The topological polar surface area (TPSA) is 109 Å². The Hall–Kier alpha value is -2.83. The first-order valence-corrected chi connectivity index (χ1v) is 12.3. The molecule has 31 heavy (non-hydrogen) atoms. The maximum Gasteiger partial charge on any atom is 0.263 e. The van der Waals surface area contributed by atoms with E-state index in [1.807, 2.05) is 0 Å². The van der Waals surface area contributed by atoms with E-state index in [1.54, 1.807) is 18.2 Å². The number of hydrogen-bond donors (Lipinski definition) is 1. The summed E-state index contributed by atoms with van der Waals surface area (Å²) in [5.41, 5.74) is 0.842. The zero-order chi connectivity index (χ0) is 22.0. The number of imide groups is 1. The van der Waals surface area contributed by atoms with Gasteiger partial charge in [-0.3, -0.25) is 19.2 Å². The van der Waals surface area contributed by atoms with Crippen LogP contribution < -0.4 is 9.62 Å². The summed E-state index contributed by atoms with van der Waals surface area (Å²) in [6, 6.07) is 11.8. The highest BCUT2D eigenvalue weighted by Gasteiger charge is 2.30. The van der Waals surface area contributed by atoms with E-state index in [9.17, 15) is 22.4 Å².